The van der Waals surface area contributed by atoms with Crippen LogP contribution >= 0.6 is 0 Å². The van der Waals surface area contributed by atoms with E-state index in [0.29, 0.717) is 12.4 Å². The Bertz CT molecular complexity index is 751. The van der Waals surface area contributed by atoms with Crippen molar-refractivity contribution in [2.75, 3.05) is 11.9 Å². The molecule has 8 nitrogen and oxygen atoms in total. The van der Waals surface area contributed by atoms with Crippen LogP contribution in [0, 0.1) is 6.92 Å². The van der Waals surface area contributed by atoms with Crippen molar-refractivity contribution in [3.05, 3.63) is 30.1 Å². The van der Waals surface area contributed by atoms with Gasteiger partial charge in [-0.05, 0) is 60.9 Å². The lowest BCUT2D eigenvalue weighted by molar-refractivity contribution is 0.00998. The third-order valence-corrected chi connectivity index (χ3v) is 5.05. The fourth-order valence-electron chi connectivity index (χ4n) is 3.81. The van der Waals surface area contributed by atoms with E-state index in [9.17, 15) is 4.79 Å². The van der Waals surface area contributed by atoms with Crippen LogP contribution in [0.1, 0.15) is 37.9 Å². The first-order valence-corrected chi connectivity index (χ1v) is 8.70. The van der Waals surface area contributed by atoms with E-state index < -0.39 is 0 Å². The lowest BCUT2D eigenvalue weighted by Gasteiger charge is -2.21. The van der Waals surface area contributed by atoms with E-state index in [1.807, 2.05) is 31.2 Å². The molecule has 1 aromatic carbocycles. The highest BCUT2D eigenvalue weighted by atomic mass is 16.5. The topological polar surface area (TPSA) is 94.0 Å². The molecular formula is C17H22N6O2. The summed E-state index contributed by atoms with van der Waals surface area (Å²) in [5, 5.41) is 17.3. The Morgan fingerprint density at radius 2 is 2.04 bits per heavy atom. The first-order valence-electron chi connectivity index (χ1n) is 8.70. The number of carbonyl (C=O) groups excluding carboxylic acids is 1. The van der Waals surface area contributed by atoms with Crippen molar-refractivity contribution in [1.82, 2.24) is 25.5 Å². The molecule has 8 heteroatoms. The summed E-state index contributed by atoms with van der Waals surface area (Å²) < 4.78 is 7.61. The maximum absolute atomic E-state index is 12.2. The molecule has 132 valence electrons. The summed E-state index contributed by atoms with van der Waals surface area (Å²) in [5.41, 5.74) is 1.59. The molecule has 2 aromatic rings. The maximum atomic E-state index is 12.2. The van der Waals surface area contributed by atoms with Crippen molar-refractivity contribution in [3.8, 4) is 5.69 Å². The number of hydrogen-bond donors (Lipinski definition) is 2. The van der Waals surface area contributed by atoms with Gasteiger partial charge in [-0.1, -0.05) is 12.8 Å². The predicted molar refractivity (Wildman–Crippen MR) is 91.6 cm³/mol. The minimum Gasteiger partial charge on any atom is -0.373 e. The molecule has 1 aromatic heterocycles. The van der Waals surface area contributed by atoms with Gasteiger partial charge in [-0.25, -0.2) is 4.79 Å². The second-order valence-corrected chi connectivity index (χ2v) is 6.89. The monoisotopic (exact) mass is 342 g/mol. The molecule has 1 atom stereocenters. The standard InChI is InChI=1S/C17H22N6O2/c1-12-20-21-22-23(12)15-6-4-13(5-7-15)18-16(24)19-14-10-17(25-11-14)8-2-3-9-17/h4-7,14H,2-3,8-11H2,1H3,(H2,18,19,24). The van der Waals surface area contributed by atoms with E-state index in [2.05, 4.69) is 26.2 Å². The molecule has 1 aliphatic heterocycles. The van der Waals surface area contributed by atoms with Gasteiger partial charge in [0.15, 0.2) is 5.82 Å². The highest BCUT2D eigenvalue weighted by Crippen LogP contribution is 2.40. The van der Waals surface area contributed by atoms with E-state index in [-0.39, 0.29) is 17.7 Å². The second-order valence-electron chi connectivity index (χ2n) is 6.89. The van der Waals surface area contributed by atoms with Gasteiger partial charge in [0.25, 0.3) is 0 Å². The Kier molecular flexibility index (Phi) is 4.12. The van der Waals surface area contributed by atoms with E-state index >= 15 is 0 Å². The first kappa shape index (κ1) is 16.0. The summed E-state index contributed by atoms with van der Waals surface area (Å²) >= 11 is 0. The van der Waals surface area contributed by atoms with E-state index in [1.165, 1.54) is 12.8 Å². The number of tetrazole rings is 1. The Balaban J connectivity index is 1.33. The van der Waals surface area contributed by atoms with Crippen LogP contribution < -0.4 is 10.6 Å². The van der Waals surface area contributed by atoms with Crippen LogP contribution in [0.25, 0.3) is 5.69 Å². The SMILES string of the molecule is Cc1nnnn1-c1ccc(NC(=O)NC2COC3(CCCC3)C2)cc1. The van der Waals surface area contributed by atoms with Crippen molar-refractivity contribution in [3.63, 3.8) is 0 Å². The molecule has 4 rings (SSSR count). The minimum atomic E-state index is -0.199. The highest BCUT2D eigenvalue weighted by molar-refractivity contribution is 5.89. The summed E-state index contributed by atoms with van der Waals surface area (Å²) in [6.45, 7) is 2.44. The number of aryl methyl sites for hydroxylation is 1. The molecule has 2 fully saturated rings. The first-order chi connectivity index (χ1) is 12.1. The molecular weight excluding hydrogens is 320 g/mol. The lowest BCUT2D eigenvalue weighted by atomic mass is 9.96. The van der Waals surface area contributed by atoms with Crippen LogP contribution in [0.2, 0.25) is 0 Å². The van der Waals surface area contributed by atoms with Crippen LogP contribution in [0.15, 0.2) is 24.3 Å². The molecule has 2 N–H and O–H groups in total. The fourth-order valence-corrected chi connectivity index (χ4v) is 3.81. The summed E-state index contributed by atoms with van der Waals surface area (Å²) in [4.78, 5) is 12.2. The zero-order chi connectivity index (χ0) is 17.3. The third-order valence-electron chi connectivity index (χ3n) is 5.05. The highest BCUT2D eigenvalue weighted by Gasteiger charge is 2.42. The number of nitrogens with one attached hydrogen (secondary N) is 2. The van der Waals surface area contributed by atoms with Crippen LogP contribution in [0.5, 0.6) is 0 Å². The Labute approximate surface area is 145 Å². The zero-order valence-electron chi connectivity index (χ0n) is 14.2. The molecule has 1 saturated carbocycles. The van der Waals surface area contributed by atoms with Crippen molar-refractivity contribution in [2.45, 2.75) is 50.7 Å². The number of nitrogens with zero attached hydrogens (tertiary/aromatic N) is 4. The van der Waals surface area contributed by atoms with Gasteiger partial charge < -0.3 is 15.4 Å². The van der Waals surface area contributed by atoms with Gasteiger partial charge in [-0.3, -0.25) is 0 Å². The molecule has 1 aliphatic carbocycles. The average molecular weight is 342 g/mol. The Hall–Kier alpha value is -2.48. The van der Waals surface area contributed by atoms with Crippen LogP contribution in [0.4, 0.5) is 10.5 Å². The molecule has 25 heavy (non-hydrogen) atoms. The number of rotatable bonds is 3. The molecule has 2 amide bonds. The van der Waals surface area contributed by atoms with Gasteiger partial charge in [0.1, 0.15) is 0 Å². The normalized spacial score (nSPS) is 21.6. The van der Waals surface area contributed by atoms with Crippen molar-refractivity contribution < 1.29 is 9.53 Å². The van der Waals surface area contributed by atoms with E-state index in [1.54, 1.807) is 4.68 Å². The number of amides is 2. The summed E-state index contributed by atoms with van der Waals surface area (Å²) in [6.07, 6.45) is 5.60. The van der Waals surface area contributed by atoms with Crippen molar-refractivity contribution in [1.29, 1.82) is 0 Å². The van der Waals surface area contributed by atoms with Crippen LogP contribution in [0.3, 0.4) is 0 Å². The van der Waals surface area contributed by atoms with Gasteiger partial charge in [0, 0.05) is 5.69 Å². The van der Waals surface area contributed by atoms with Gasteiger partial charge in [0.2, 0.25) is 0 Å². The summed E-state index contributed by atoms with van der Waals surface area (Å²) in [7, 11) is 0. The van der Waals surface area contributed by atoms with Gasteiger partial charge in [-0.15, -0.1) is 5.10 Å². The molecule has 1 spiro atoms. The van der Waals surface area contributed by atoms with Crippen LogP contribution in [-0.2, 0) is 4.74 Å². The number of aromatic nitrogens is 4. The number of anilines is 1. The summed E-state index contributed by atoms with van der Waals surface area (Å²) in [6, 6.07) is 7.28. The van der Waals surface area contributed by atoms with Crippen LogP contribution in [-0.4, -0.2) is 44.5 Å². The molecule has 2 aliphatic rings. The summed E-state index contributed by atoms with van der Waals surface area (Å²) in [5.74, 6) is 0.709. The molecule has 1 saturated heterocycles. The van der Waals surface area contributed by atoms with Crippen molar-refractivity contribution in [2.24, 2.45) is 0 Å². The largest absolute Gasteiger partial charge is 0.373 e. The lowest BCUT2D eigenvalue weighted by Crippen LogP contribution is -2.39. The van der Waals surface area contributed by atoms with E-state index in [0.717, 1.165) is 30.6 Å². The zero-order valence-corrected chi connectivity index (χ0v) is 14.2. The number of carbonyl (C=O) groups is 1. The average Bonchev–Trinajstić information content (AvgIpc) is 3.32. The van der Waals surface area contributed by atoms with Gasteiger partial charge in [-0.2, -0.15) is 4.68 Å². The number of hydrogen-bond acceptors (Lipinski definition) is 5. The van der Waals surface area contributed by atoms with E-state index in [4.69, 9.17) is 4.74 Å². The smallest absolute Gasteiger partial charge is 0.319 e. The molecule has 0 bridgehead atoms. The third kappa shape index (κ3) is 3.34. The molecule has 0 radical (unpaired) electrons. The predicted octanol–water partition coefficient (Wildman–Crippen LogP) is 2.19. The fraction of sp³-hybridized carbons (Fsp3) is 0.529. The number of urea groups is 1. The maximum Gasteiger partial charge on any atom is 0.319 e. The minimum absolute atomic E-state index is 0.0172. The molecule has 2 heterocycles. The number of ether oxygens (including phenoxy) is 1. The number of benzene rings is 1. The van der Waals surface area contributed by atoms with Crippen molar-refractivity contribution >= 4 is 11.7 Å². The van der Waals surface area contributed by atoms with Gasteiger partial charge in [0.05, 0.1) is 23.9 Å². The second kappa shape index (κ2) is 6.44. The Morgan fingerprint density at radius 1 is 1.28 bits per heavy atom. The molecule has 1 unspecified atom stereocenters. The Morgan fingerprint density at radius 3 is 2.72 bits per heavy atom. The van der Waals surface area contributed by atoms with Gasteiger partial charge >= 0.3 is 6.03 Å². The quantitative estimate of drug-likeness (QED) is 0.892.